The number of benzene rings is 2. The van der Waals surface area contributed by atoms with Crippen molar-refractivity contribution >= 4 is 17.3 Å². The lowest BCUT2D eigenvalue weighted by atomic mass is 9.73. The van der Waals surface area contributed by atoms with E-state index in [2.05, 4.69) is 0 Å². The van der Waals surface area contributed by atoms with E-state index in [1.807, 2.05) is 36.4 Å². The zero-order valence-corrected chi connectivity index (χ0v) is 17.6. The molecule has 1 aliphatic rings. The van der Waals surface area contributed by atoms with E-state index in [0.717, 1.165) is 16.7 Å². The van der Waals surface area contributed by atoms with Gasteiger partial charge in [0, 0.05) is 5.92 Å². The summed E-state index contributed by atoms with van der Waals surface area (Å²) in [5, 5.41) is 0. The standard InChI is InChI=1S/C24H26O6/c1-5-30-24(26)23-19(15-6-9-18(27-2)10-7-15)12-17(13-20(23)25)16-8-11-21(28-3)22(14-16)29-4/h6-11,13-14,19,23H,5,12H2,1-4H3/t19-,23-/m0/s1. The molecule has 0 heterocycles. The van der Waals surface area contributed by atoms with Crippen LogP contribution >= 0.6 is 0 Å². The Labute approximate surface area is 176 Å². The number of carbonyl (C=O) groups excluding carboxylic acids is 2. The maximum atomic E-state index is 13.0. The van der Waals surface area contributed by atoms with Crippen LogP contribution in [0.5, 0.6) is 17.2 Å². The van der Waals surface area contributed by atoms with Crippen molar-refractivity contribution < 1.29 is 28.5 Å². The van der Waals surface area contributed by atoms with Gasteiger partial charge in [-0.25, -0.2) is 0 Å². The van der Waals surface area contributed by atoms with Crippen molar-refractivity contribution in [2.24, 2.45) is 5.92 Å². The predicted molar refractivity (Wildman–Crippen MR) is 113 cm³/mol. The number of allylic oxidation sites excluding steroid dienone is 2. The number of esters is 1. The van der Waals surface area contributed by atoms with Crippen LogP contribution in [-0.4, -0.2) is 39.7 Å². The molecule has 0 aromatic heterocycles. The number of ether oxygens (including phenoxy) is 4. The van der Waals surface area contributed by atoms with Gasteiger partial charge in [-0.2, -0.15) is 0 Å². The average Bonchev–Trinajstić information content (AvgIpc) is 2.78. The molecule has 2 aromatic carbocycles. The summed E-state index contributed by atoms with van der Waals surface area (Å²) in [4.78, 5) is 25.6. The molecule has 2 aromatic rings. The van der Waals surface area contributed by atoms with E-state index in [-0.39, 0.29) is 18.3 Å². The lowest BCUT2D eigenvalue weighted by Gasteiger charge is -2.29. The van der Waals surface area contributed by atoms with E-state index in [1.54, 1.807) is 40.4 Å². The average molecular weight is 410 g/mol. The molecule has 0 saturated heterocycles. The second-order valence-electron chi connectivity index (χ2n) is 6.96. The molecule has 0 bridgehead atoms. The first-order chi connectivity index (χ1) is 14.5. The summed E-state index contributed by atoms with van der Waals surface area (Å²) in [5.41, 5.74) is 2.57. The first-order valence-corrected chi connectivity index (χ1v) is 9.79. The fourth-order valence-electron chi connectivity index (χ4n) is 3.78. The molecule has 0 saturated carbocycles. The van der Waals surface area contributed by atoms with Crippen LogP contribution in [0.25, 0.3) is 5.57 Å². The number of hydrogen-bond acceptors (Lipinski definition) is 6. The highest BCUT2D eigenvalue weighted by atomic mass is 16.5. The molecule has 30 heavy (non-hydrogen) atoms. The molecular weight excluding hydrogens is 384 g/mol. The minimum absolute atomic E-state index is 0.226. The Hall–Kier alpha value is -3.28. The van der Waals surface area contributed by atoms with E-state index in [1.165, 1.54) is 0 Å². The Morgan fingerprint density at radius 2 is 1.67 bits per heavy atom. The summed E-state index contributed by atoms with van der Waals surface area (Å²) in [6.45, 7) is 1.96. The number of carbonyl (C=O) groups is 2. The smallest absolute Gasteiger partial charge is 0.317 e. The quantitative estimate of drug-likeness (QED) is 0.507. The largest absolute Gasteiger partial charge is 0.497 e. The van der Waals surface area contributed by atoms with Crippen molar-refractivity contribution in [2.45, 2.75) is 19.3 Å². The Bertz CT molecular complexity index is 945. The second-order valence-corrected chi connectivity index (χ2v) is 6.96. The summed E-state index contributed by atoms with van der Waals surface area (Å²) < 4.78 is 21.1. The Kier molecular flexibility index (Phi) is 6.77. The number of ketones is 1. The zero-order valence-electron chi connectivity index (χ0n) is 17.6. The van der Waals surface area contributed by atoms with Crippen LogP contribution < -0.4 is 14.2 Å². The summed E-state index contributed by atoms with van der Waals surface area (Å²) in [7, 11) is 4.74. The highest BCUT2D eigenvalue weighted by Gasteiger charge is 2.39. The molecule has 0 N–H and O–H groups in total. The molecule has 0 amide bonds. The van der Waals surface area contributed by atoms with Gasteiger partial charge in [-0.3, -0.25) is 9.59 Å². The monoisotopic (exact) mass is 410 g/mol. The van der Waals surface area contributed by atoms with Gasteiger partial charge in [0.25, 0.3) is 0 Å². The Morgan fingerprint density at radius 3 is 2.27 bits per heavy atom. The van der Waals surface area contributed by atoms with Gasteiger partial charge < -0.3 is 18.9 Å². The van der Waals surface area contributed by atoms with Crippen molar-refractivity contribution in [1.82, 2.24) is 0 Å². The van der Waals surface area contributed by atoms with E-state index in [9.17, 15) is 9.59 Å². The van der Waals surface area contributed by atoms with Crippen LogP contribution in [-0.2, 0) is 14.3 Å². The molecule has 0 aliphatic heterocycles. The molecular formula is C24H26O6. The van der Waals surface area contributed by atoms with Crippen LogP contribution in [0.4, 0.5) is 0 Å². The summed E-state index contributed by atoms with van der Waals surface area (Å²) in [6, 6.07) is 13.0. The lowest BCUT2D eigenvalue weighted by Crippen LogP contribution is -2.34. The molecule has 158 valence electrons. The van der Waals surface area contributed by atoms with E-state index in [0.29, 0.717) is 23.7 Å². The highest BCUT2D eigenvalue weighted by Crippen LogP contribution is 2.42. The molecule has 6 nitrogen and oxygen atoms in total. The topological polar surface area (TPSA) is 71.1 Å². The maximum absolute atomic E-state index is 13.0. The third-order valence-electron chi connectivity index (χ3n) is 5.30. The van der Waals surface area contributed by atoms with Crippen LogP contribution in [0.2, 0.25) is 0 Å². The number of rotatable bonds is 7. The van der Waals surface area contributed by atoms with Gasteiger partial charge in [-0.05, 0) is 60.4 Å². The first-order valence-electron chi connectivity index (χ1n) is 9.79. The van der Waals surface area contributed by atoms with Gasteiger partial charge in [0.2, 0.25) is 0 Å². The molecule has 2 atom stereocenters. The van der Waals surface area contributed by atoms with Gasteiger partial charge in [0.15, 0.2) is 17.3 Å². The minimum atomic E-state index is -0.873. The van der Waals surface area contributed by atoms with Crippen LogP contribution in [0.3, 0.4) is 0 Å². The zero-order chi connectivity index (χ0) is 21.7. The Balaban J connectivity index is 2.02. The van der Waals surface area contributed by atoms with Gasteiger partial charge in [0.05, 0.1) is 27.9 Å². The predicted octanol–water partition coefficient (Wildman–Crippen LogP) is 4.03. The minimum Gasteiger partial charge on any atom is -0.497 e. The third-order valence-corrected chi connectivity index (χ3v) is 5.30. The molecule has 6 heteroatoms. The molecule has 0 radical (unpaired) electrons. The van der Waals surface area contributed by atoms with Crippen molar-refractivity contribution in [1.29, 1.82) is 0 Å². The van der Waals surface area contributed by atoms with Gasteiger partial charge >= 0.3 is 5.97 Å². The van der Waals surface area contributed by atoms with Gasteiger partial charge in [0.1, 0.15) is 11.7 Å². The van der Waals surface area contributed by atoms with Crippen molar-refractivity contribution in [2.75, 3.05) is 27.9 Å². The number of methoxy groups -OCH3 is 3. The lowest BCUT2D eigenvalue weighted by molar-refractivity contribution is -0.151. The Morgan fingerprint density at radius 1 is 0.967 bits per heavy atom. The highest BCUT2D eigenvalue weighted by molar-refractivity contribution is 6.10. The van der Waals surface area contributed by atoms with Crippen molar-refractivity contribution in [3.63, 3.8) is 0 Å². The first kappa shape index (κ1) is 21.4. The van der Waals surface area contributed by atoms with E-state index < -0.39 is 11.9 Å². The van der Waals surface area contributed by atoms with Crippen LogP contribution in [0.1, 0.15) is 30.4 Å². The summed E-state index contributed by atoms with van der Waals surface area (Å²) in [6.07, 6.45) is 2.06. The summed E-state index contributed by atoms with van der Waals surface area (Å²) >= 11 is 0. The molecule has 0 spiro atoms. The van der Waals surface area contributed by atoms with E-state index in [4.69, 9.17) is 18.9 Å². The molecule has 3 rings (SSSR count). The van der Waals surface area contributed by atoms with Crippen LogP contribution in [0, 0.1) is 5.92 Å². The fourth-order valence-corrected chi connectivity index (χ4v) is 3.78. The van der Waals surface area contributed by atoms with Crippen LogP contribution in [0.15, 0.2) is 48.5 Å². The molecule has 0 fully saturated rings. The van der Waals surface area contributed by atoms with E-state index >= 15 is 0 Å². The van der Waals surface area contributed by atoms with Gasteiger partial charge in [-0.1, -0.05) is 18.2 Å². The van der Waals surface area contributed by atoms with Crippen molar-refractivity contribution in [3.05, 3.63) is 59.7 Å². The van der Waals surface area contributed by atoms with Crippen molar-refractivity contribution in [3.8, 4) is 17.2 Å². The molecule has 0 unspecified atom stereocenters. The third kappa shape index (κ3) is 4.32. The second kappa shape index (κ2) is 9.48. The summed E-state index contributed by atoms with van der Waals surface area (Å²) in [5.74, 6) is -0.0600. The van der Waals surface area contributed by atoms with Gasteiger partial charge in [-0.15, -0.1) is 0 Å². The molecule has 1 aliphatic carbocycles. The SMILES string of the molecule is CCOC(=O)[C@@H]1C(=O)C=C(c2ccc(OC)c(OC)c2)C[C@H]1c1ccc(OC)cc1. The fraction of sp³-hybridized carbons (Fsp3) is 0.333. The number of hydrogen-bond donors (Lipinski definition) is 0. The maximum Gasteiger partial charge on any atom is 0.317 e. The normalized spacial score (nSPS) is 18.4.